The van der Waals surface area contributed by atoms with Gasteiger partial charge in [-0.25, -0.2) is 0 Å². The van der Waals surface area contributed by atoms with Gasteiger partial charge in [-0.2, -0.15) is 0 Å². The first-order chi connectivity index (χ1) is 7.34. The fourth-order valence-corrected chi connectivity index (χ4v) is 3.67. The minimum atomic E-state index is 0.477. The summed E-state index contributed by atoms with van der Waals surface area (Å²) in [4.78, 5) is 2.72. The van der Waals surface area contributed by atoms with E-state index < -0.39 is 0 Å². The summed E-state index contributed by atoms with van der Waals surface area (Å²) in [6.45, 7) is 2.52. The average molecular weight is 208 g/mol. The van der Waals surface area contributed by atoms with Gasteiger partial charge in [0.05, 0.1) is 0 Å². The summed E-state index contributed by atoms with van der Waals surface area (Å²) in [5, 5.41) is 0. The number of hydrogen-bond acceptors (Lipinski definition) is 2. The van der Waals surface area contributed by atoms with E-state index in [4.69, 9.17) is 5.73 Å². The quantitative estimate of drug-likeness (QED) is 0.768. The standard InChI is InChI=1S/C13H24N2/c14-12(10-5-6-10)9-15-8-7-11-3-1-2-4-13(11)15/h10-13H,1-9,14H2. The Bertz CT molecular complexity index is 225. The van der Waals surface area contributed by atoms with Crippen molar-refractivity contribution in [1.29, 1.82) is 0 Å². The number of rotatable bonds is 3. The van der Waals surface area contributed by atoms with E-state index >= 15 is 0 Å². The third-order valence-electron chi connectivity index (χ3n) is 4.80. The van der Waals surface area contributed by atoms with Gasteiger partial charge < -0.3 is 5.73 Å². The lowest BCUT2D eigenvalue weighted by atomic mass is 9.85. The van der Waals surface area contributed by atoms with Crippen molar-refractivity contribution in [3.8, 4) is 0 Å². The average Bonchev–Trinajstić information content (AvgIpc) is 3.03. The van der Waals surface area contributed by atoms with Crippen LogP contribution >= 0.6 is 0 Å². The Balaban J connectivity index is 1.56. The summed E-state index contributed by atoms with van der Waals surface area (Å²) in [6, 6.07) is 1.38. The van der Waals surface area contributed by atoms with Crippen LogP contribution in [0.2, 0.25) is 0 Å². The molecule has 3 aliphatic rings. The van der Waals surface area contributed by atoms with Crippen LogP contribution in [0.15, 0.2) is 0 Å². The van der Waals surface area contributed by atoms with Crippen LogP contribution in [0, 0.1) is 11.8 Å². The number of nitrogens with two attached hydrogens (primary N) is 1. The summed E-state index contributed by atoms with van der Waals surface area (Å²) in [7, 11) is 0. The summed E-state index contributed by atoms with van der Waals surface area (Å²) in [5.41, 5.74) is 6.24. The highest BCUT2D eigenvalue weighted by Crippen LogP contribution is 2.38. The number of nitrogens with zero attached hydrogens (tertiary/aromatic N) is 1. The fourth-order valence-electron chi connectivity index (χ4n) is 3.67. The number of hydrogen-bond donors (Lipinski definition) is 1. The number of fused-ring (bicyclic) bond motifs is 1. The van der Waals surface area contributed by atoms with Crippen molar-refractivity contribution in [1.82, 2.24) is 4.90 Å². The minimum Gasteiger partial charge on any atom is -0.326 e. The molecule has 3 fully saturated rings. The molecule has 1 saturated heterocycles. The van der Waals surface area contributed by atoms with Crippen molar-refractivity contribution in [3.63, 3.8) is 0 Å². The fraction of sp³-hybridized carbons (Fsp3) is 1.00. The molecule has 3 rings (SSSR count). The lowest BCUT2D eigenvalue weighted by Crippen LogP contribution is -2.43. The van der Waals surface area contributed by atoms with Crippen LogP contribution in [0.5, 0.6) is 0 Å². The topological polar surface area (TPSA) is 29.3 Å². The molecule has 2 N–H and O–H groups in total. The second-order valence-corrected chi connectivity index (χ2v) is 5.90. The maximum atomic E-state index is 6.24. The zero-order valence-corrected chi connectivity index (χ0v) is 9.70. The van der Waals surface area contributed by atoms with Crippen LogP contribution in [0.1, 0.15) is 44.9 Å². The second kappa shape index (κ2) is 4.06. The molecule has 86 valence electrons. The van der Waals surface area contributed by atoms with Crippen molar-refractivity contribution in [3.05, 3.63) is 0 Å². The molecule has 2 aliphatic carbocycles. The maximum absolute atomic E-state index is 6.24. The molecule has 1 aliphatic heterocycles. The van der Waals surface area contributed by atoms with Crippen molar-refractivity contribution in [2.24, 2.45) is 17.6 Å². The molecule has 2 heteroatoms. The molecule has 0 amide bonds. The van der Waals surface area contributed by atoms with E-state index in [1.165, 1.54) is 58.0 Å². The minimum absolute atomic E-state index is 0.477. The maximum Gasteiger partial charge on any atom is 0.0196 e. The molecule has 15 heavy (non-hydrogen) atoms. The summed E-state index contributed by atoms with van der Waals surface area (Å²) in [5.74, 6) is 1.89. The van der Waals surface area contributed by atoms with E-state index in [9.17, 15) is 0 Å². The molecule has 0 radical (unpaired) electrons. The van der Waals surface area contributed by atoms with Gasteiger partial charge in [0, 0.05) is 18.6 Å². The zero-order valence-electron chi connectivity index (χ0n) is 9.70. The summed E-state index contributed by atoms with van der Waals surface area (Å²) < 4.78 is 0. The summed E-state index contributed by atoms with van der Waals surface area (Å²) in [6.07, 6.45) is 10.1. The lowest BCUT2D eigenvalue weighted by molar-refractivity contribution is 0.170. The molecular formula is C13H24N2. The molecule has 0 aromatic rings. The Morgan fingerprint density at radius 3 is 2.67 bits per heavy atom. The van der Waals surface area contributed by atoms with Crippen LogP contribution in [0.25, 0.3) is 0 Å². The van der Waals surface area contributed by atoms with E-state index in [1.54, 1.807) is 0 Å². The van der Waals surface area contributed by atoms with Crippen LogP contribution in [-0.4, -0.2) is 30.1 Å². The Morgan fingerprint density at radius 1 is 1.07 bits per heavy atom. The van der Waals surface area contributed by atoms with Gasteiger partial charge in [-0.1, -0.05) is 12.8 Å². The van der Waals surface area contributed by atoms with Gasteiger partial charge in [-0.05, 0) is 50.5 Å². The van der Waals surface area contributed by atoms with Crippen molar-refractivity contribution in [2.45, 2.75) is 57.0 Å². The largest absolute Gasteiger partial charge is 0.326 e. The normalized spacial score (nSPS) is 39.0. The van der Waals surface area contributed by atoms with Gasteiger partial charge in [0.15, 0.2) is 0 Å². The molecule has 0 aromatic carbocycles. The smallest absolute Gasteiger partial charge is 0.0196 e. The van der Waals surface area contributed by atoms with E-state index in [0.717, 1.165) is 17.9 Å². The summed E-state index contributed by atoms with van der Waals surface area (Å²) >= 11 is 0. The number of likely N-dealkylation sites (tertiary alicyclic amines) is 1. The Morgan fingerprint density at radius 2 is 1.87 bits per heavy atom. The van der Waals surface area contributed by atoms with Crippen LogP contribution in [0.4, 0.5) is 0 Å². The highest BCUT2D eigenvalue weighted by atomic mass is 15.2. The Labute approximate surface area is 93.2 Å². The van der Waals surface area contributed by atoms with Gasteiger partial charge >= 0.3 is 0 Å². The van der Waals surface area contributed by atoms with Gasteiger partial charge in [-0.3, -0.25) is 4.90 Å². The van der Waals surface area contributed by atoms with E-state index in [-0.39, 0.29) is 0 Å². The van der Waals surface area contributed by atoms with E-state index in [2.05, 4.69) is 4.90 Å². The Kier molecular flexibility index (Phi) is 2.73. The molecule has 0 spiro atoms. The van der Waals surface area contributed by atoms with Crippen molar-refractivity contribution >= 4 is 0 Å². The lowest BCUT2D eigenvalue weighted by Gasteiger charge is -2.33. The predicted octanol–water partition coefficient (Wildman–Crippen LogP) is 1.99. The third kappa shape index (κ3) is 2.07. The second-order valence-electron chi connectivity index (χ2n) is 5.90. The predicted molar refractivity (Wildman–Crippen MR) is 62.6 cm³/mol. The molecule has 3 unspecified atom stereocenters. The van der Waals surface area contributed by atoms with E-state index in [0.29, 0.717) is 6.04 Å². The Hall–Kier alpha value is -0.0800. The van der Waals surface area contributed by atoms with Crippen molar-refractivity contribution < 1.29 is 0 Å². The molecule has 1 heterocycles. The van der Waals surface area contributed by atoms with Crippen LogP contribution in [-0.2, 0) is 0 Å². The third-order valence-corrected chi connectivity index (χ3v) is 4.80. The van der Waals surface area contributed by atoms with Crippen LogP contribution in [0.3, 0.4) is 0 Å². The molecule has 2 nitrogen and oxygen atoms in total. The zero-order chi connectivity index (χ0) is 10.3. The van der Waals surface area contributed by atoms with Crippen molar-refractivity contribution in [2.75, 3.05) is 13.1 Å². The van der Waals surface area contributed by atoms with Gasteiger partial charge in [0.25, 0.3) is 0 Å². The van der Waals surface area contributed by atoms with Gasteiger partial charge in [0.1, 0.15) is 0 Å². The highest BCUT2D eigenvalue weighted by molar-refractivity contribution is 4.93. The molecule has 2 saturated carbocycles. The SMILES string of the molecule is NC(CN1CCC2CCCCC21)C1CC1. The van der Waals surface area contributed by atoms with Gasteiger partial charge in [-0.15, -0.1) is 0 Å². The first kappa shape index (κ1) is 10.1. The first-order valence-electron chi connectivity index (χ1n) is 6.84. The monoisotopic (exact) mass is 208 g/mol. The van der Waals surface area contributed by atoms with Crippen LogP contribution < -0.4 is 5.73 Å². The molecule has 3 atom stereocenters. The highest BCUT2D eigenvalue weighted by Gasteiger charge is 2.38. The molecular weight excluding hydrogens is 184 g/mol. The van der Waals surface area contributed by atoms with Gasteiger partial charge in [0.2, 0.25) is 0 Å². The molecule has 0 bridgehead atoms. The van der Waals surface area contributed by atoms with E-state index in [1.807, 2.05) is 0 Å². The molecule has 0 aromatic heterocycles. The first-order valence-corrected chi connectivity index (χ1v) is 6.84.